The minimum atomic E-state index is 0.759. The van der Waals surface area contributed by atoms with Gasteiger partial charge in [-0.15, -0.1) is 0 Å². The largest absolute Gasteiger partial charge is 0.381 e. The van der Waals surface area contributed by atoms with Crippen LogP contribution < -0.4 is 10.2 Å². The van der Waals surface area contributed by atoms with E-state index in [9.17, 15) is 0 Å². The maximum absolute atomic E-state index is 3.64. The summed E-state index contributed by atoms with van der Waals surface area (Å²) in [5.74, 6) is 1.92. The molecule has 1 aromatic rings. The van der Waals surface area contributed by atoms with E-state index < -0.39 is 0 Å². The Morgan fingerprint density at radius 3 is 3.18 bits per heavy atom. The number of hydrogen-bond donors (Lipinski definition) is 1. The van der Waals surface area contributed by atoms with Crippen LogP contribution in [0.2, 0.25) is 0 Å². The summed E-state index contributed by atoms with van der Waals surface area (Å²) in [6, 6.07) is 7.57. The van der Waals surface area contributed by atoms with Crippen molar-refractivity contribution in [3.8, 4) is 0 Å². The zero-order chi connectivity index (χ0) is 11.4. The van der Waals surface area contributed by atoms with Crippen LogP contribution in [0.3, 0.4) is 0 Å². The van der Waals surface area contributed by atoms with Crippen molar-refractivity contribution >= 4 is 34.0 Å². The third kappa shape index (κ3) is 1.51. The highest BCUT2D eigenvalue weighted by Crippen LogP contribution is 2.47. The van der Waals surface area contributed by atoms with E-state index in [1.165, 1.54) is 40.8 Å². The van der Waals surface area contributed by atoms with Gasteiger partial charge in [-0.05, 0) is 65.5 Å². The van der Waals surface area contributed by atoms with Crippen LogP contribution in [0.15, 0.2) is 18.2 Å². The van der Waals surface area contributed by atoms with E-state index in [1.54, 1.807) is 0 Å². The number of anilines is 2. The van der Waals surface area contributed by atoms with E-state index in [4.69, 9.17) is 0 Å². The Kier molecular flexibility index (Phi) is 2.32. The van der Waals surface area contributed by atoms with E-state index in [0.717, 1.165) is 24.4 Å². The van der Waals surface area contributed by atoms with Gasteiger partial charge in [0.2, 0.25) is 0 Å². The molecule has 1 saturated carbocycles. The van der Waals surface area contributed by atoms with Crippen molar-refractivity contribution in [2.45, 2.75) is 25.3 Å². The number of nitrogens with zero attached hydrogens (tertiary/aromatic N) is 1. The monoisotopic (exact) mass is 340 g/mol. The van der Waals surface area contributed by atoms with Crippen molar-refractivity contribution in [2.75, 3.05) is 23.3 Å². The Labute approximate surface area is 116 Å². The van der Waals surface area contributed by atoms with Gasteiger partial charge in [-0.1, -0.05) is 6.42 Å². The van der Waals surface area contributed by atoms with Crippen molar-refractivity contribution in [1.82, 2.24) is 0 Å². The van der Waals surface area contributed by atoms with Gasteiger partial charge in [0.1, 0.15) is 0 Å². The normalized spacial score (nSPS) is 33.9. The second kappa shape index (κ2) is 3.77. The van der Waals surface area contributed by atoms with Crippen LogP contribution in [0.25, 0.3) is 0 Å². The first-order valence-corrected chi connectivity index (χ1v) is 7.71. The molecule has 3 unspecified atom stereocenters. The predicted octanol–water partition coefficient (Wildman–Crippen LogP) is 3.32. The van der Waals surface area contributed by atoms with Crippen molar-refractivity contribution in [1.29, 1.82) is 0 Å². The fraction of sp³-hybridized carbons (Fsp3) is 0.571. The zero-order valence-corrected chi connectivity index (χ0v) is 12.0. The van der Waals surface area contributed by atoms with Gasteiger partial charge in [0.15, 0.2) is 0 Å². The van der Waals surface area contributed by atoms with Crippen molar-refractivity contribution in [3.05, 3.63) is 21.8 Å². The first-order chi connectivity index (χ1) is 8.33. The molecule has 2 fully saturated rings. The van der Waals surface area contributed by atoms with Crippen LogP contribution >= 0.6 is 22.6 Å². The molecular weight excluding hydrogens is 323 g/mol. The molecule has 3 aliphatic rings. The van der Waals surface area contributed by atoms with Crippen LogP contribution in [-0.4, -0.2) is 19.1 Å². The summed E-state index contributed by atoms with van der Waals surface area (Å²) in [4.78, 5) is 2.68. The smallest absolute Gasteiger partial charge is 0.0606 e. The molecule has 3 heteroatoms. The number of fused-ring (bicyclic) bond motifs is 5. The Morgan fingerprint density at radius 1 is 1.29 bits per heavy atom. The lowest BCUT2D eigenvalue weighted by Gasteiger charge is -2.36. The fourth-order valence-electron chi connectivity index (χ4n) is 4.07. The number of halogens is 1. The highest BCUT2D eigenvalue weighted by molar-refractivity contribution is 14.1. The number of rotatable bonds is 0. The lowest BCUT2D eigenvalue weighted by molar-refractivity contribution is 0.429. The molecule has 2 aliphatic heterocycles. The topological polar surface area (TPSA) is 15.3 Å². The van der Waals surface area contributed by atoms with Gasteiger partial charge in [-0.25, -0.2) is 0 Å². The predicted molar refractivity (Wildman–Crippen MR) is 79.6 cm³/mol. The van der Waals surface area contributed by atoms with Gasteiger partial charge in [0.05, 0.1) is 11.4 Å². The van der Waals surface area contributed by atoms with Crippen LogP contribution in [0.4, 0.5) is 11.4 Å². The molecule has 3 atom stereocenters. The number of benzene rings is 1. The van der Waals surface area contributed by atoms with Crippen LogP contribution in [0.5, 0.6) is 0 Å². The van der Waals surface area contributed by atoms with E-state index in [-0.39, 0.29) is 0 Å². The molecule has 0 aromatic heterocycles. The second-order valence-electron chi connectivity index (χ2n) is 5.62. The Morgan fingerprint density at radius 2 is 2.24 bits per heavy atom. The summed E-state index contributed by atoms with van der Waals surface area (Å²) < 4.78 is 1.33. The molecule has 0 amide bonds. The van der Waals surface area contributed by atoms with E-state index >= 15 is 0 Å². The molecule has 1 saturated heterocycles. The first-order valence-electron chi connectivity index (χ1n) is 6.63. The molecule has 90 valence electrons. The average Bonchev–Trinajstić information content (AvgIpc) is 2.88. The summed E-state index contributed by atoms with van der Waals surface area (Å²) in [5, 5.41) is 3.64. The number of hydrogen-bond acceptors (Lipinski definition) is 2. The number of nitrogens with one attached hydrogen (secondary N) is 1. The lowest BCUT2D eigenvalue weighted by Crippen LogP contribution is -2.42. The Balaban J connectivity index is 1.74. The summed E-state index contributed by atoms with van der Waals surface area (Å²) >= 11 is 2.39. The second-order valence-corrected chi connectivity index (χ2v) is 6.86. The summed E-state index contributed by atoms with van der Waals surface area (Å²) in [7, 11) is 0. The highest BCUT2D eigenvalue weighted by Gasteiger charge is 2.45. The molecule has 2 heterocycles. The first kappa shape index (κ1) is 10.5. The standard InChI is InChI=1S/C14H17IN2/c15-10-4-5-13-12(6-10)16-7-14-11-3-1-2-9(11)8-17(13)14/h4-6,9,11,14,16H,1-3,7-8H2. The fourth-order valence-corrected chi connectivity index (χ4v) is 4.56. The van der Waals surface area contributed by atoms with E-state index in [2.05, 4.69) is 51.0 Å². The van der Waals surface area contributed by atoms with Gasteiger partial charge >= 0.3 is 0 Å². The maximum Gasteiger partial charge on any atom is 0.0606 e. The minimum Gasteiger partial charge on any atom is -0.381 e. The van der Waals surface area contributed by atoms with Crippen LogP contribution in [0, 0.1) is 15.4 Å². The van der Waals surface area contributed by atoms with Gasteiger partial charge < -0.3 is 10.2 Å². The molecule has 0 bridgehead atoms. The lowest BCUT2D eigenvalue weighted by atomic mass is 9.93. The minimum absolute atomic E-state index is 0.759. The summed E-state index contributed by atoms with van der Waals surface area (Å²) in [6.45, 7) is 2.44. The van der Waals surface area contributed by atoms with Crippen molar-refractivity contribution < 1.29 is 0 Å². The third-order valence-corrected chi connectivity index (χ3v) is 5.48. The van der Waals surface area contributed by atoms with Gasteiger partial charge in [0.25, 0.3) is 0 Å². The van der Waals surface area contributed by atoms with Gasteiger partial charge in [0, 0.05) is 22.7 Å². The SMILES string of the molecule is Ic1ccc2c(c1)NCC1C3CCCC3CN21. The van der Waals surface area contributed by atoms with Crippen molar-refractivity contribution in [3.63, 3.8) is 0 Å². The molecule has 0 spiro atoms. The average molecular weight is 340 g/mol. The zero-order valence-electron chi connectivity index (χ0n) is 9.82. The maximum atomic E-state index is 3.64. The molecule has 1 aromatic carbocycles. The molecule has 1 N–H and O–H groups in total. The van der Waals surface area contributed by atoms with Crippen molar-refractivity contribution in [2.24, 2.45) is 11.8 Å². The van der Waals surface area contributed by atoms with Gasteiger partial charge in [-0.3, -0.25) is 0 Å². The molecular formula is C14H17IN2. The Hall–Kier alpha value is -0.450. The van der Waals surface area contributed by atoms with Crippen LogP contribution in [0.1, 0.15) is 19.3 Å². The van der Waals surface area contributed by atoms with Crippen LogP contribution in [-0.2, 0) is 0 Å². The Bertz CT molecular complexity index is 460. The van der Waals surface area contributed by atoms with Gasteiger partial charge in [-0.2, -0.15) is 0 Å². The van der Waals surface area contributed by atoms with E-state index in [1.807, 2.05) is 0 Å². The molecule has 4 rings (SSSR count). The molecule has 0 radical (unpaired) electrons. The summed E-state index contributed by atoms with van der Waals surface area (Å²) in [5.41, 5.74) is 2.78. The highest BCUT2D eigenvalue weighted by atomic mass is 127. The molecule has 17 heavy (non-hydrogen) atoms. The van der Waals surface area contributed by atoms with E-state index in [0.29, 0.717) is 0 Å². The summed E-state index contributed by atoms with van der Waals surface area (Å²) in [6.07, 6.45) is 4.36. The third-order valence-electron chi connectivity index (χ3n) is 4.81. The molecule has 2 nitrogen and oxygen atoms in total. The quantitative estimate of drug-likeness (QED) is 0.729. The molecule has 1 aliphatic carbocycles.